The number of rotatable bonds is 5. The molecule has 1 aliphatic heterocycles. The Hall–Kier alpha value is -2.85. The van der Waals surface area contributed by atoms with Crippen LogP contribution in [-0.4, -0.2) is 58.4 Å². The van der Waals surface area contributed by atoms with Crippen LogP contribution in [0.1, 0.15) is 17.0 Å². The van der Waals surface area contributed by atoms with Gasteiger partial charge in [-0.2, -0.15) is 4.31 Å². The van der Waals surface area contributed by atoms with Gasteiger partial charge in [0.1, 0.15) is 30.1 Å². The molecule has 158 valence electrons. The van der Waals surface area contributed by atoms with Crippen LogP contribution in [0.25, 0.3) is 5.82 Å². The van der Waals surface area contributed by atoms with E-state index in [0.29, 0.717) is 31.7 Å². The van der Waals surface area contributed by atoms with Crippen molar-refractivity contribution in [3.8, 4) is 5.82 Å². The largest absolute Gasteiger partial charge is 0.354 e. The average molecular weight is 431 g/mol. The molecular formula is C20H23FN6O2S. The van der Waals surface area contributed by atoms with Crippen LogP contribution in [0.15, 0.2) is 43.0 Å². The highest BCUT2D eigenvalue weighted by atomic mass is 32.2. The number of anilines is 1. The fourth-order valence-corrected chi connectivity index (χ4v) is 5.00. The Morgan fingerprint density at radius 3 is 2.40 bits per heavy atom. The van der Waals surface area contributed by atoms with Crippen molar-refractivity contribution in [1.82, 2.24) is 23.8 Å². The lowest BCUT2D eigenvalue weighted by Gasteiger charge is -2.34. The van der Waals surface area contributed by atoms with Crippen molar-refractivity contribution in [2.45, 2.75) is 19.6 Å². The Balaban J connectivity index is 1.44. The van der Waals surface area contributed by atoms with E-state index in [1.54, 1.807) is 12.4 Å². The van der Waals surface area contributed by atoms with E-state index in [0.717, 1.165) is 23.0 Å². The van der Waals surface area contributed by atoms with Crippen molar-refractivity contribution in [2.24, 2.45) is 0 Å². The minimum atomic E-state index is -3.52. The van der Waals surface area contributed by atoms with E-state index in [4.69, 9.17) is 0 Å². The van der Waals surface area contributed by atoms with Gasteiger partial charge in [0.2, 0.25) is 10.0 Å². The molecule has 0 bridgehead atoms. The summed E-state index contributed by atoms with van der Waals surface area (Å²) < 4.78 is 42.2. The molecule has 0 radical (unpaired) electrons. The normalized spacial score (nSPS) is 15.5. The molecule has 0 saturated carbocycles. The second-order valence-electron chi connectivity index (χ2n) is 7.29. The predicted molar refractivity (Wildman–Crippen MR) is 111 cm³/mol. The summed E-state index contributed by atoms with van der Waals surface area (Å²) in [5, 5.41) is 0. The van der Waals surface area contributed by atoms with Crippen molar-refractivity contribution in [1.29, 1.82) is 0 Å². The molecule has 0 aliphatic carbocycles. The Labute approximate surface area is 175 Å². The number of piperazine rings is 1. The molecule has 30 heavy (non-hydrogen) atoms. The van der Waals surface area contributed by atoms with E-state index in [-0.39, 0.29) is 5.75 Å². The fraction of sp³-hybridized carbons (Fsp3) is 0.350. The van der Waals surface area contributed by atoms with Crippen LogP contribution >= 0.6 is 0 Å². The Morgan fingerprint density at radius 2 is 1.73 bits per heavy atom. The lowest BCUT2D eigenvalue weighted by atomic mass is 10.2. The molecular weight excluding hydrogens is 407 g/mol. The molecule has 1 aliphatic rings. The van der Waals surface area contributed by atoms with E-state index in [2.05, 4.69) is 15.0 Å². The monoisotopic (exact) mass is 430 g/mol. The lowest BCUT2D eigenvalue weighted by molar-refractivity contribution is 0.383. The van der Waals surface area contributed by atoms with E-state index < -0.39 is 15.8 Å². The summed E-state index contributed by atoms with van der Waals surface area (Å²) in [6.45, 7) is 5.64. The first kappa shape index (κ1) is 20.4. The van der Waals surface area contributed by atoms with Crippen molar-refractivity contribution in [2.75, 3.05) is 31.1 Å². The third-order valence-electron chi connectivity index (χ3n) is 5.33. The highest BCUT2D eigenvalue weighted by Gasteiger charge is 2.28. The molecule has 0 spiro atoms. The predicted octanol–water partition coefficient (Wildman–Crippen LogP) is 2.07. The maximum atomic E-state index is 13.4. The third-order valence-corrected chi connectivity index (χ3v) is 7.18. The molecule has 2 aromatic heterocycles. The van der Waals surface area contributed by atoms with Gasteiger partial charge in [-0.3, -0.25) is 4.57 Å². The number of hydrogen-bond donors (Lipinski definition) is 0. The first-order chi connectivity index (χ1) is 14.3. The number of halogens is 1. The summed E-state index contributed by atoms with van der Waals surface area (Å²) in [6, 6.07) is 7.59. The number of imidazole rings is 1. The number of hydrogen-bond acceptors (Lipinski definition) is 6. The smallest absolute Gasteiger partial charge is 0.218 e. The summed E-state index contributed by atoms with van der Waals surface area (Å²) in [5.74, 6) is 0.824. The number of nitrogens with zero attached hydrogens (tertiary/aromatic N) is 6. The topological polar surface area (TPSA) is 84.2 Å². The number of sulfonamides is 1. The van der Waals surface area contributed by atoms with E-state index in [1.807, 2.05) is 29.4 Å². The van der Waals surface area contributed by atoms with Crippen LogP contribution < -0.4 is 4.90 Å². The van der Waals surface area contributed by atoms with Crippen molar-refractivity contribution >= 4 is 15.8 Å². The van der Waals surface area contributed by atoms with Crippen molar-refractivity contribution in [3.05, 3.63) is 65.8 Å². The number of aryl methyl sites for hydroxylation is 1. The SMILES string of the molecule is Cc1ncn(-c2cc(N3CCN(S(=O)(=O)Cc4cccc(F)c4)CC3)ncn2)c1C. The van der Waals surface area contributed by atoms with Gasteiger partial charge in [-0.15, -0.1) is 0 Å². The molecule has 3 aromatic rings. The molecule has 1 saturated heterocycles. The minimum Gasteiger partial charge on any atom is -0.354 e. The van der Waals surface area contributed by atoms with Crippen molar-refractivity contribution in [3.63, 3.8) is 0 Å². The standard InChI is InChI=1S/C20H23FN6O2S/c1-15-16(2)27(14-24-15)20-11-19(22-13-23-20)25-6-8-26(9-7-25)30(28,29)12-17-4-3-5-18(21)10-17/h3-5,10-11,13-14H,6-9,12H2,1-2H3. The summed E-state index contributed by atoms with van der Waals surface area (Å²) in [6.07, 6.45) is 3.24. The summed E-state index contributed by atoms with van der Waals surface area (Å²) in [4.78, 5) is 15.0. The average Bonchev–Trinajstić information content (AvgIpc) is 3.06. The van der Waals surface area contributed by atoms with Crippen LogP contribution in [0, 0.1) is 19.7 Å². The Bertz CT molecular complexity index is 1160. The molecule has 4 rings (SSSR count). The highest BCUT2D eigenvalue weighted by molar-refractivity contribution is 7.88. The van der Waals surface area contributed by atoms with Gasteiger partial charge in [-0.1, -0.05) is 12.1 Å². The van der Waals surface area contributed by atoms with Crippen LogP contribution in [0.2, 0.25) is 0 Å². The molecule has 10 heteroatoms. The first-order valence-electron chi connectivity index (χ1n) is 9.64. The van der Waals surface area contributed by atoms with E-state index >= 15 is 0 Å². The molecule has 1 fully saturated rings. The first-order valence-corrected chi connectivity index (χ1v) is 11.2. The third kappa shape index (κ3) is 4.19. The van der Waals surface area contributed by atoms with Gasteiger partial charge in [0, 0.05) is 37.9 Å². The van der Waals surface area contributed by atoms with Gasteiger partial charge < -0.3 is 4.90 Å². The quantitative estimate of drug-likeness (QED) is 0.616. The van der Waals surface area contributed by atoms with Gasteiger partial charge in [0.15, 0.2) is 0 Å². The molecule has 0 N–H and O–H groups in total. The number of benzene rings is 1. The van der Waals surface area contributed by atoms with E-state index in [1.165, 1.54) is 28.8 Å². The van der Waals surface area contributed by atoms with Gasteiger partial charge in [0.25, 0.3) is 0 Å². The summed E-state index contributed by atoms with van der Waals surface area (Å²) in [5.41, 5.74) is 2.39. The highest BCUT2D eigenvalue weighted by Crippen LogP contribution is 2.20. The maximum Gasteiger partial charge on any atom is 0.218 e. The molecule has 1 aromatic carbocycles. The molecule has 0 unspecified atom stereocenters. The van der Waals surface area contributed by atoms with Gasteiger partial charge in [-0.05, 0) is 31.5 Å². The van der Waals surface area contributed by atoms with Crippen LogP contribution in [0.4, 0.5) is 10.2 Å². The fourth-order valence-electron chi connectivity index (χ4n) is 3.50. The van der Waals surface area contributed by atoms with Gasteiger partial charge in [-0.25, -0.2) is 27.8 Å². The van der Waals surface area contributed by atoms with Crippen LogP contribution in [-0.2, 0) is 15.8 Å². The zero-order valence-electron chi connectivity index (χ0n) is 16.9. The molecule has 0 atom stereocenters. The van der Waals surface area contributed by atoms with Gasteiger partial charge >= 0.3 is 0 Å². The lowest BCUT2D eigenvalue weighted by Crippen LogP contribution is -2.49. The van der Waals surface area contributed by atoms with Gasteiger partial charge in [0.05, 0.1) is 11.4 Å². The molecule has 0 amide bonds. The maximum absolute atomic E-state index is 13.4. The summed E-state index contributed by atoms with van der Waals surface area (Å²) in [7, 11) is -3.52. The second kappa shape index (κ2) is 8.11. The zero-order chi connectivity index (χ0) is 21.3. The molecule has 8 nitrogen and oxygen atoms in total. The Kier molecular flexibility index (Phi) is 5.52. The Morgan fingerprint density at radius 1 is 1.00 bits per heavy atom. The van der Waals surface area contributed by atoms with Crippen LogP contribution in [0.3, 0.4) is 0 Å². The van der Waals surface area contributed by atoms with Crippen LogP contribution in [0.5, 0.6) is 0 Å². The minimum absolute atomic E-state index is 0.207. The zero-order valence-corrected chi connectivity index (χ0v) is 17.7. The number of aromatic nitrogens is 4. The molecule has 3 heterocycles. The van der Waals surface area contributed by atoms with E-state index in [9.17, 15) is 12.8 Å². The summed E-state index contributed by atoms with van der Waals surface area (Å²) >= 11 is 0. The van der Waals surface area contributed by atoms with Crippen molar-refractivity contribution < 1.29 is 12.8 Å². The second-order valence-corrected chi connectivity index (χ2v) is 9.26.